The van der Waals surface area contributed by atoms with Gasteiger partial charge in [-0.2, -0.15) is 4.98 Å². The van der Waals surface area contributed by atoms with Crippen LogP contribution in [-0.4, -0.2) is 47.1 Å². The molecule has 6 nitrogen and oxygen atoms in total. The van der Waals surface area contributed by atoms with E-state index in [0.29, 0.717) is 24.7 Å². The summed E-state index contributed by atoms with van der Waals surface area (Å²) < 4.78 is 5.50. The van der Waals surface area contributed by atoms with Crippen molar-refractivity contribution >= 4 is 5.91 Å². The highest BCUT2D eigenvalue weighted by Crippen LogP contribution is 2.30. The van der Waals surface area contributed by atoms with E-state index in [1.807, 2.05) is 43.4 Å². The van der Waals surface area contributed by atoms with Gasteiger partial charge in [-0.15, -0.1) is 0 Å². The van der Waals surface area contributed by atoms with Gasteiger partial charge < -0.3 is 14.7 Å². The molecular weight excluding hydrogens is 340 g/mol. The molecule has 0 radical (unpaired) electrons. The number of nitrogens with one attached hydrogen (secondary N) is 1. The lowest BCUT2D eigenvalue weighted by molar-refractivity contribution is -0.134. The molecule has 1 fully saturated rings. The maximum absolute atomic E-state index is 12.3. The molecule has 1 aromatic heterocycles. The Morgan fingerprint density at radius 1 is 1.11 bits per heavy atom. The topological polar surface area (TPSA) is 71.3 Å². The molecule has 1 amide bonds. The number of carbonyl (C=O) groups is 1. The van der Waals surface area contributed by atoms with Crippen LogP contribution in [0.5, 0.6) is 0 Å². The Balaban J connectivity index is 1.62. The summed E-state index contributed by atoms with van der Waals surface area (Å²) in [5, 5.41) is 7.47. The summed E-state index contributed by atoms with van der Waals surface area (Å²) in [4.78, 5) is 18.6. The van der Waals surface area contributed by atoms with Gasteiger partial charge in [-0.05, 0) is 11.1 Å². The van der Waals surface area contributed by atoms with Crippen molar-refractivity contribution in [2.45, 2.75) is 18.4 Å². The van der Waals surface area contributed by atoms with Crippen molar-refractivity contribution in [2.24, 2.45) is 0 Å². The fourth-order valence-corrected chi connectivity index (χ4v) is 3.45. The summed E-state index contributed by atoms with van der Waals surface area (Å²) in [5.41, 5.74) is 2.20. The molecule has 0 bridgehead atoms. The predicted molar refractivity (Wildman–Crippen MR) is 101 cm³/mol. The van der Waals surface area contributed by atoms with Crippen molar-refractivity contribution in [1.82, 2.24) is 20.4 Å². The molecule has 27 heavy (non-hydrogen) atoms. The van der Waals surface area contributed by atoms with Crippen LogP contribution in [0, 0.1) is 0 Å². The van der Waals surface area contributed by atoms with Gasteiger partial charge in [0.05, 0.1) is 18.4 Å². The molecule has 1 atom stereocenters. The zero-order valence-corrected chi connectivity index (χ0v) is 15.2. The van der Waals surface area contributed by atoms with Gasteiger partial charge >= 0.3 is 0 Å². The van der Waals surface area contributed by atoms with Gasteiger partial charge in [0.15, 0.2) is 5.82 Å². The minimum absolute atomic E-state index is 0.0590. The molecule has 2 aromatic carbocycles. The largest absolute Gasteiger partial charge is 0.343 e. The van der Waals surface area contributed by atoms with Gasteiger partial charge in [-0.25, -0.2) is 0 Å². The van der Waals surface area contributed by atoms with Gasteiger partial charge in [0, 0.05) is 20.1 Å². The highest BCUT2D eigenvalue weighted by molar-refractivity contribution is 5.82. The number of benzene rings is 2. The van der Waals surface area contributed by atoms with Crippen LogP contribution in [0.1, 0.15) is 28.8 Å². The maximum atomic E-state index is 12.3. The van der Waals surface area contributed by atoms with Crippen LogP contribution >= 0.6 is 0 Å². The Hall–Kier alpha value is -2.99. The van der Waals surface area contributed by atoms with Crippen LogP contribution in [0.15, 0.2) is 65.2 Å². The van der Waals surface area contributed by atoms with Crippen molar-refractivity contribution in [3.8, 4) is 0 Å². The predicted octanol–water partition coefficient (Wildman–Crippen LogP) is 2.22. The van der Waals surface area contributed by atoms with E-state index in [4.69, 9.17) is 4.52 Å². The molecule has 2 heterocycles. The molecule has 1 unspecified atom stereocenters. The van der Waals surface area contributed by atoms with Crippen LogP contribution in [0.3, 0.4) is 0 Å². The molecule has 0 saturated carbocycles. The average Bonchev–Trinajstić information content (AvgIpc) is 3.15. The van der Waals surface area contributed by atoms with E-state index in [0.717, 1.165) is 17.7 Å². The highest BCUT2D eigenvalue weighted by atomic mass is 16.5. The Morgan fingerprint density at radius 2 is 1.74 bits per heavy atom. The lowest BCUT2D eigenvalue weighted by Crippen LogP contribution is -2.54. The minimum atomic E-state index is -0.316. The maximum Gasteiger partial charge on any atom is 0.240 e. The second-order valence-corrected chi connectivity index (χ2v) is 6.77. The summed E-state index contributed by atoms with van der Waals surface area (Å²) in [7, 11) is 1.82. The fourth-order valence-electron chi connectivity index (χ4n) is 3.45. The number of amides is 1. The van der Waals surface area contributed by atoms with Gasteiger partial charge in [0.2, 0.25) is 11.8 Å². The first-order valence-corrected chi connectivity index (χ1v) is 9.13. The molecular formula is C21H22N4O2. The van der Waals surface area contributed by atoms with Crippen LogP contribution in [0.2, 0.25) is 0 Å². The lowest BCUT2D eigenvalue weighted by Gasteiger charge is -2.29. The SMILES string of the molecule is CN1CCNC(Cc2nc(C(c3ccccc3)c3ccccc3)no2)C1=O. The molecule has 138 valence electrons. The van der Waals surface area contributed by atoms with E-state index < -0.39 is 0 Å². The number of aromatic nitrogens is 2. The number of piperazine rings is 1. The number of rotatable bonds is 5. The van der Waals surface area contributed by atoms with E-state index in [-0.39, 0.29) is 17.9 Å². The van der Waals surface area contributed by atoms with Crippen LogP contribution in [0.4, 0.5) is 0 Å². The zero-order valence-electron chi connectivity index (χ0n) is 15.2. The fraction of sp³-hybridized carbons (Fsp3) is 0.286. The summed E-state index contributed by atoms with van der Waals surface area (Å²) in [6.45, 7) is 1.49. The van der Waals surface area contributed by atoms with Crippen LogP contribution in [0.25, 0.3) is 0 Å². The van der Waals surface area contributed by atoms with Crippen molar-refractivity contribution in [3.05, 3.63) is 83.5 Å². The summed E-state index contributed by atoms with van der Waals surface area (Å²) in [6.07, 6.45) is 0.395. The van der Waals surface area contributed by atoms with E-state index in [1.54, 1.807) is 4.90 Å². The van der Waals surface area contributed by atoms with Gasteiger partial charge in [-0.3, -0.25) is 4.79 Å². The molecule has 4 rings (SSSR count). The standard InChI is InChI=1S/C21H22N4O2/c1-25-13-12-22-17(21(25)26)14-18-23-20(24-27-18)19(15-8-4-2-5-9-15)16-10-6-3-7-11-16/h2-11,17,19,22H,12-14H2,1H3. The number of hydrogen-bond donors (Lipinski definition) is 1. The molecule has 1 aliphatic heterocycles. The first-order valence-electron chi connectivity index (χ1n) is 9.13. The number of likely N-dealkylation sites (N-methyl/N-ethyl adjacent to an activating group) is 1. The van der Waals surface area contributed by atoms with Gasteiger partial charge in [-0.1, -0.05) is 65.8 Å². The Labute approximate surface area is 158 Å². The van der Waals surface area contributed by atoms with E-state index in [9.17, 15) is 4.79 Å². The minimum Gasteiger partial charge on any atom is -0.343 e. The monoisotopic (exact) mass is 362 g/mol. The first-order chi connectivity index (χ1) is 13.2. The summed E-state index contributed by atoms with van der Waals surface area (Å²) in [6, 6.07) is 19.9. The molecule has 1 N–H and O–H groups in total. The van der Waals surface area contributed by atoms with E-state index in [1.165, 1.54) is 0 Å². The third kappa shape index (κ3) is 3.75. The molecule has 1 aliphatic rings. The number of nitrogens with zero attached hydrogens (tertiary/aromatic N) is 3. The van der Waals surface area contributed by atoms with Gasteiger partial charge in [0.25, 0.3) is 0 Å². The summed E-state index contributed by atoms with van der Waals surface area (Å²) >= 11 is 0. The quantitative estimate of drug-likeness (QED) is 0.754. The van der Waals surface area contributed by atoms with Crippen molar-refractivity contribution in [3.63, 3.8) is 0 Å². The number of carbonyl (C=O) groups excluding carboxylic acids is 1. The molecule has 0 aliphatic carbocycles. The molecule has 1 saturated heterocycles. The van der Waals surface area contributed by atoms with Crippen molar-refractivity contribution < 1.29 is 9.32 Å². The van der Waals surface area contributed by atoms with E-state index >= 15 is 0 Å². The normalized spacial score (nSPS) is 17.5. The lowest BCUT2D eigenvalue weighted by atomic mass is 9.91. The molecule has 6 heteroatoms. The van der Waals surface area contributed by atoms with Crippen LogP contribution < -0.4 is 5.32 Å². The first kappa shape index (κ1) is 17.4. The van der Waals surface area contributed by atoms with Crippen LogP contribution in [-0.2, 0) is 11.2 Å². The van der Waals surface area contributed by atoms with Crippen molar-refractivity contribution in [1.29, 1.82) is 0 Å². The Bertz CT molecular complexity index is 855. The molecule has 0 spiro atoms. The Morgan fingerprint density at radius 3 is 2.37 bits per heavy atom. The highest BCUT2D eigenvalue weighted by Gasteiger charge is 2.29. The zero-order chi connectivity index (χ0) is 18.6. The molecule has 3 aromatic rings. The smallest absolute Gasteiger partial charge is 0.240 e. The second-order valence-electron chi connectivity index (χ2n) is 6.77. The second kappa shape index (κ2) is 7.72. The third-order valence-electron chi connectivity index (χ3n) is 4.90. The number of hydrogen-bond acceptors (Lipinski definition) is 5. The van der Waals surface area contributed by atoms with E-state index in [2.05, 4.69) is 39.7 Å². The van der Waals surface area contributed by atoms with Crippen molar-refractivity contribution in [2.75, 3.05) is 20.1 Å². The summed E-state index contributed by atoms with van der Waals surface area (Å²) in [5.74, 6) is 1.04. The van der Waals surface area contributed by atoms with Gasteiger partial charge in [0.1, 0.15) is 0 Å². The third-order valence-corrected chi connectivity index (χ3v) is 4.90. The average molecular weight is 362 g/mol. The Kier molecular flexibility index (Phi) is 4.98.